The van der Waals surface area contributed by atoms with Crippen LogP contribution < -0.4 is 25.3 Å². The van der Waals surface area contributed by atoms with Gasteiger partial charge in [0, 0.05) is 31.6 Å². The summed E-state index contributed by atoms with van der Waals surface area (Å²) in [5.41, 5.74) is 3.30. The second kappa shape index (κ2) is 10.1. The molecular formula is C22H37N5O2+2. The lowest BCUT2D eigenvalue weighted by Crippen LogP contribution is -3.28. The van der Waals surface area contributed by atoms with Gasteiger partial charge in [-0.25, -0.2) is 4.79 Å². The molecule has 2 heterocycles. The fraction of sp³-hybridized carbons (Fsp3) is 0.636. The third-order valence-electron chi connectivity index (χ3n) is 6.42. The Morgan fingerprint density at radius 2 is 1.86 bits per heavy atom. The average Bonchev–Trinajstić information content (AvgIpc) is 3.07. The number of carbonyl (C=O) groups is 2. The van der Waals surface area contributed by atoms with E-state index in [1.165, 1.54) is 43.9 Å². The smallest absolute Gasteiger partial charge is 0.315 e. The number of carbonyl (C=O) groups excluding carboxylic acids is 2. The Hall–Kier alpha value is -2.12. The first-order valence-corrected chi connectivity index (χ1v) is 11.1. The fourth-order valence-electron chi connectivity index (χ4n) is 4.28. The summed E-state index contributed by atoms with van der Waals surface area (Å²) in [5.74, 6) is 0.0653. The number of quaternary nitrogens is 2. The maximum absolute atomic E-state index is 12.4. The number of hydrogen-bond acceptors (Lipinski definition) is 2. The van der Waals surface area contributed by atoms with Crippen molar-refractivity contribution in [3.63, 3.8) is 0 Å². The van der Waals surface area contributed by atoms with E-state index in [4.69, 9.17) is 0 Å². The normalized spacial score (nSPS) is 24.6. The van der Waals surface area contributed by atoms with Gasteiger partial charge < -0.3 is 25.3 Å². The molecule has 0 aromatic heterocycles. The van der Waals surface area contributed by atoms with Gasteiger partial charge in [0.25, 0.3) is 0 Å². The molecular weight excluding hydrogens is 366 g/mol. The summed E-state index contributed by atoms with van der Waals surface area (Å²) in [7, 11) is 0. The topological polar surface area (TPSA) is 70.3 Å². The van der Waals surface area contributed by atoms with Crippen LogP contribution in [0.25, 0.3) is 0 Å². The second-order valence-corrected chi connectivity index (χ2v) is 8.53. The van der Waals surface area contributed by atoms with E-state index in [9.17, 15) is 9.59 Å². The summed E-state index contributed by atoms with van der Waals surface area (Å²) < 4.78 is 0. The molecule has 3 rings (SSSR count). The molecule has 0 bridgehead atoms. The molecule has 3 amide bonds. The minimum Gasteiger partial charge on any atom is -0.338 e. The Labute approximate surface area is 174 Å². The van der Waals surface area contributed by atoms with Crippen LogP contribution in [-0.4, -0.2) is 70.3 Å². The standard InChI is InChI=1S/C22H35N5O2/c1-4-25-10-12-26(13-11-25)9-5-8-23-22(29)24-19-15-21(28)27(16-19)20-7-6-17(2)18(3)14-20/h6-7,14,19H,4-5,8-13,15-16H2,1-3H3,(H2,23,24,29)/p+2/t19-/m0/s1. The summed E-state index contributed by atoms with van der Waals surface area (Å²) in [5, 5.41) is 5.92. The summed E-state index contributed by atoms with van der Waals surface area (Å²) in [4.78, 5) is 29.7. The molecule has 0 unspecified atom stereocenters. The summed E-state index contributed by atoms with van der Waals surface area (Å²) in [6, 6.07) is 5.75. The van der Waals surface area contributed by atoms with E-state index < -0.39 is 0 Å². The zero-order valence-corrected chi connectivity index (χ0v) is 18.1. The zero-order chi connectivity index (χ0) is 20.8. The molecule has 1 atom stereocenters. The van der Waals surface area contributed by atoms with Crippen LogP contribution in [0.4, 0.5) is 10.5 Å². The minimum absolute atomic E-state index is 0.0653. The molecule has 1 aromatic rings. The summed E-state index contributed by atoms with van der Waals surface area (Å²) in [6.07, 6.45) is 1.34. The first kappa shape index (κ1) is 21.6. The van der Waals surface area contributed by atoms with Crippen LogP contribution in [0.3, 0.4) is 0 Å². The highest BCUT2D eigenvalue weighted by Gasteiger charge is 2.31. The van der Waals surface area contributed by atoms with Crippen molar-refractivity contribution in [3.05, 3.63) is 29.3 Å². The van der Waals surface area contributed by atoms with Crippen molar-refractivity contribution in [2.75, 3.05) is 57.3 Å². The van der Waals surface area contributed by atoms with Crippen molar-refractivity contribution in [1.29, 1.82) is 0 Å². The van der Waals surface area contributed by atoms with Gasteiger partial charge in [-0.2, -0.15) is 0 Å². The van der Waals surface area contributed by atoms with Crippen LogP contribution in [0.15, 0.2) is 18.2 Å². The highest BCUT2D eigenvalue weighted by atomic mass is 16.2. The van der Waals surface area contributed by atoms with Crippen molar-refractivity contribution in [2.45, 2.75) is 39.7 Å². The van der Waals surface area contributed by atoms with Crippen LogP contribution in [0, 0.1) is 13.8 Å². The van der Waals surface area contributed by atoms with Crippen LogP contribution >= 0.6 is 0 Å². The Balaban J connectivity index is 1.35. The maximum Gasteiger partial charge on any atom is 0.315 e. The van der Waals surface area contributed by atoms with E-state index in [-0.39, 0.29) is 18.0 Å². The molecule has 2 saturated heterocycles. The van der Waals surface area contributed by atoms with E-state index in [2.05, 4.69) is 31.4 Å². The maximum atomic E-state index is 12.4. The summed E-state index contributed by atoms with van der Waals surface area (Å²) in [6.45, 7) is 14.9. The van der Waals surface area contributed by atoms with Crippen molar-refractivity contribution in [3.8, 4) is 0 Å². The van der Waals surface area contributed by atoms with E-state index in [0.29, 0.717) is 19.5 Å². The number of piperazine rings is 1. The molecule has 0 radical (unpaired) electrons. The van der Waals surface area contributed by atoms with Gasteiger partial charge >= 0.3 is 6.03 Å². The van der Waals surface area contributed by atoms with Crippen molar-refractivity contribution in [2.24, 2.45) is 0 Å². The molecule has 2 aliphatic rings. The fourth-order valence-corrected chi connectivity index (χ4v) is 4.28. The lowest BCUT2D eigenvalue weighted by molar-refractivity contribution is -1.01. The minimum atomic E-state index is -0.167. The first-order valence-electron chi connectivity index (χ1n) is 11.1. The SMILES string of the molecule is CC[NH+]1CC[NH+](CCCNC(=O)N[C@H]2CC(=O)N(c3ccc(C)c(C)c3)C2)CC1. The molecule has 7 nitrogen and oxygen atoms in total. The highest BCUT2D eigenvalue weighted by molar-refractivity contribution is 5.96. The number of hydrogen-bond donors (Lipinski definition) is 4. The van der Waals surface area contributed by atoms with Crippen molar-refractivity contribution >= 4 is 17.6 Å². The number of aryl methyl sites for hydroxylation is 2. The molecule has 29 heavy (non-hydrogen) atoms. The number of urea groups is 1. The Morgan fingerprint density at radius 3 is 2.55 bits per heavy atom. The van der Waals surface area contributed by atoms with Crippen LogP contribution in [0.1, 0.15) is 30.9 Å². The van der Waals surface area contributed by atoms with Gasteiger partial charge in [0.15, 0.2) is 0 Å². The lowest BCUT2D eigenvalue weighted by Gasteiger charge is -2.29. The first-order chi connectivity index (χ1) is 14.0. The number of anilines is 1. The van der Waals surface area contributed by atoms with Gasteiger partial charge in [0.05, 0.1) is 19.1 Å². The van der Waals surface area contributed by atoms with Crippen LogP contribution in [0.5, 0.6) is 0 Å². The summed E-state index contributed by atoms with van der Waals surface area (Å²) >= 11 is 0. The molecule has 0 aliphatic carbocycles. The Bertz CT molecular complexity index is 715. The van der Waals surface area contributed by atoms with E-state index in [0.717, 1.165) is 18.7 Å². The number of amides is 3. The zero-order valence-electron chi connectivity index (χ0n) is 18.1. The number of likely N-dealkylation sites (N-methyl/N-ethyl adjacent to an activating group) is 1. The van der Waals surface area contributed by atoms with E-state index in [1.54, 1.807) is 14.7 Å². The van der Waals surface area contributed by atoms with Gasteiger partial charge in [-0.05, 0) is 44.0 Å². The second-order valence-electron chi connectivity index (χ2n) is 8.53. The van der Waals surface area contributed by atoms with Crippen LogP contribution in [-0.2, 0) is 4.79 Å². The van der Waals surface area contributed by atoms with Gasteiger partial charge in [-0.15, -0.1) is 0 Å². The van der Waals surface area contributed by atoms with Gasteiger partial charge in [-0.1, -0.05) is 6.07 Å². The third-order valence-corrected chi connectivity index (χ3v) is 6.42. The number of benzene rings is 1. The number of nitrogens with one attached hydrogen (secondary N) is 4. The quantitative estimate of drug-likeness (QED) is 0.437. The molecule has 1 aromatic carbocycles. The predicted octanol–water partition coefficient (Wildman–Crippen LogP) is -1.10. The molecule has 160 valence electrons. The lowest BCUT2D eigenvalue weighted by atomic mass is 10.1. The number of nitrogens with zero attached hydrogens (tertiary/aromatic N) is 1. The molecule has 2 fully saturated rings. The van der Waals surface area contributed by atoms with Gasteiger partial charge in [0.2, 0.25) is 5.91 Å². The van der Waals surface area contributed by atoms with Crippen LogP contribution in [0.2, 0.25) is 0 Å². The molecule has 7 heteroatoms. The van der Waals surface area contributed by atoms with Gasteiger partial charge in [0.1, 0.15) is 26.2 Å². The highest BCUT2D eigenvalue weighted by Crippen LogP contribution is 2.24. The Kier molecular flexibility index (Phi) is 7.50. The predicted molar refractivity (Wildman–Crippen MR) is 115 cm³/mol. The van der Waals surface area contributed by atoms with Gasteiger partial charge in [-0.3, -0.25) is 4.79 Å². The van der Waals surface area contributed by atoms with Crippen molar-refractivity contribution in [1.82, 2.24) is 10.6 Å². The largest absolute Gasteiger partial charge is 0.338 e. The molecule has 4 N–H and O–H groups in total. The average molecular weight is 404 g/mol. The molecule has 2 aliphatic heterocycles. The molecule has 0 saturated carbocycles. The van der Waals surface area contributed by atoms with Crippen molar-refractivity contribution < 1.29 is 19.4 Å². The molecule has 0 spiro atoms. The van der Waals surface area contributed by atoms with E-state index in [1.807, 2.05) is 18.2 Å². The van der Waals surface area contributed by atoms with E-state index >= 15 is 0 Å². The number of rotatable bonds is 7. The monoisotopic (exact) mass is 403 g/mol. The Morgan fingerprint density at radius 1 is 1.14 bits per heavy atom. The third kappa shape index (κ3) is 5.93.